The van der Waals surface area contributed by atoms with Crippen LogP contribution in [0.1, 0.15) is 39.7 Å². The third kappa shape index (κ3) is 6.35. The largest absolute Gasteiger partial charge is 0.490 e. The molecule has 28 heavy (non-hydrogen) atoms. The first-order chi connectivity index (χ1) is 12.8. The fourth-order valence-corrected chi connectivity index (χ4v) is 2.81. The number of carbonyl (C=O) groups excluding carboxylic acids is 1. The van der Waals surface area contributed by atoms with Crippen LogP contribution < -0.4 is 4.74 Å². The SMILES string of the molecule is C=C(C)O[C@@H]1CN(C(=O)OC(C)(C)C)CC[C@H]1Oc1cccc(C(F)(F)F)c1. The van der Waals surface area contributed by atoms with Crippen LogP contribution >= 0.6 is 0 Å². The molecule has 0 saturated carbocycles. The Bertz CT molecular complexity index is 712. The highest BCUT2D eigenvalue weighted by Gasteiger charge is 2.37. The van der Waals surface area contributed by atoms with Crippen molar-refractivity contribution in [1.82, 2.24) is 4.90 Å². The zero-order chi connectivity index (χ0) is 21.1. The van der Waals surface area contributed by atoms with E-state index in [9.17, 15) is 18.0 Å². The van der Waals surface area contributed by atoms with Crippen molar-refractivity contribution in [3.05, 3.63) is 42.2 Å². The van der Waals surface area contributed by atoms with Crippen molar-refractivity contribution in [2.45, 2.75) is 58.1 Å². The number of hydrogen-bond acceptors (Lipinski definition) is 4. The lowest BCUT2D eigenvalue weighted by Gasteiger charge is -2.38. The molecule has 0 aliphatic carbocycles. The Morgan fingerprint density at radius 3 is 2.46 bits per heavy atom. The lowest BCUT2D eigenvalue weighted by atomic mass is 10.0. The van der Waals surface area contributed by atoms with Gasteiger partial charge in [0.05, 0.1) is 17.9 Å². The van der Waals surface area contributed by atoms with Gasteiger partial charge < -0.3 is 19.1 Å². The molecule has 1 aliphatic rings. The van der Waals surface area contributed by atoms with Gasteiger partial charge in [-0.1, -0.05) is 12.6 Å². The number of allylic oxidation sites excluding steroid dienone is 1. The summed E-state index contributed by atoms with van der Waals surface area (Å²) in [6, 6.07) is 4.70. The number of piperidine rings is 1. The first-order valence-electron chi connectivity index (χ1n) is 8.99. The normalized spacial score (nSPS) is 20.5. The second-order valence-electron chi connectivity index (χ2n) is 7.76. The average molecular weight is 401 g/mol. The van der Waals surface area contributed by atoms with Crippen LogP contribution in [0.5, 0.6) is 5.75 Å². The van der Waals surface area contributed by atoms with E-state index in [1.54, 1.807) is 27.7 Å². The van der Waals surface area contributed by atoms with Crippen molar-refractivity contribution < 1.29 is 32.2 Å². The van der Waals surface area contributed by atoms with Crippen LogP contribution in [-0.2, 0) is 15.7 Å². The molecule has 0 N–H and O–H groups in total. The highest BCUT2D eigenvalue weighted by Crippen LogP contribution is 2.32. The number of likely N-dealkylation sites (tertiary alicyclic amines) is 1. The molecule has 0 unspecified atom stereocenters. The fraction of sp³-hybridized carbons (Fsp3) is 0.550. The lowest BCUT2D eigenvalue weighted by Crippen LogP contribution is -2.52. The zero-order valence-corrected chi connectivity index (χ0v) is 16.5. The van der Waals surface area contributed by atoms with E-state index in [4.69, 9.17) is 14.2 Å². The van der Waals surface area contributed by atoms with Crippen LogP contribution in [0.2, 0.25) is 0 Å². The van der Waals surface area contributed by atoms with Crippen LogP contribution in [0, 0.1) is 0 Å². The zero-order valence-electron chi connectivity index (χ0n) is 16.5. The summed E-state index contributed by atoms with van der Waals surface area (Å²) in [5, 5.41) is 0. The standard InChI is InChI=1S/C20H26F3NO4/c1-13(2)26-17-12-24(18(25)28-19(3,4)5)10-9-16(17)27-15-8-6-7-14(11-15)20(21,22)23/h6-8,11,16-17H,1,9-10,12H2,2-5H3/t16-,17-/m1/s1. The second kappa shape index (κ2) is 8.32. The van der Waals surface area contributed by atoms with Gasteiger partial charge in [-0.05, 0) is 45.9 Å². The maximum absolute atomic E-state index is 12.9. The predicted octanol–water partition coefficient (Wildman–Crippen LogP) is 5.01. The number of amides is 1. The Morgan fingerprint density at radius 1 is 1.21 bits per heavy atom. The van der Waals surface area contributed by atoms with E-state index in [0.717, 1.165) is 12.1 Å². The number of nitrogens with zero attached hydrogens (tertiary/aromatic N) is 1. The van der Waals surface area contributed by atoms with E-state index in [2.05, 4.69) is 6.58 Å². The topological polar surface area (TPSA) is 48.0 Å². The summed E-state index contributed by atoms with van der Waals surface area (Å²) in [6.07, 6.45) is -5.65. The molecule has 0 radical (unpaired) electrons. The summed E-state index contributed by atoms with van der Waals surface area (Å²) in [7, 11) is 0. The van der Waals surface area contributed by atoms with Gasteiger partial charge in [0, 0.05) is 13.0 Å². The monoisotopic (exact) mass is 401 g/mol. The maximum atomic E-state index is 12.9. The minimum atomic E-state index is -4.45. The highest BCUT2D eigenvalue weighted by molar-refractivity contribution is 5.68. The first kappa shape index (κ1) is 21.9. The molecule has 1 saturated heterocycles. The number of alkyl halides is 3. The maximum Gasteiger partial charge on any atom is 0.416 e. The quantitative estimate of drug-likeness (QED) is 0.666. The van der Waals surface area contributed by atoms with E-state index in [1.165, 1.54) is 17.0 Å². The van der Waals surface area contributed by atoms with Crippen LogP contribution in [0.3, 0.4) is 0 Å². The molecule has 8 heteroatoms. The molecule has 1 aliphatic heterocycles. The van der Waals surface area contributed by atoms with E-state index in [1.807, 2.05) is 0 Å². The third-order valence-electron chi connectivity index (χ3n) is 3.95. The van der Waals surface area contributed by atoms with Gasteiger partial charge in [0.1, 0.15) is 17.5 Å². The van der Waals surface area contributed by atoms with Gasteiger partial charge in [-0.25, -0.2) is 4.79 Å². The minimum absolute atomic E-state index is 0.0980. The van der Waals surface area contributed by atoms with Gasteiger partial charge >= 0.3 is 12.3 Å². The van der Waals surface area contributed by atoms with Crippen molar-refractivity contribution in [3.63, 3.8) is 0 Å². The summed E-state index contributed by atoms with van der Waals surface area (Å²) >= 11 is 0. The van der Waals surface area contributed by atoms with E-state index in [-0.39, 0.29) is 12.3 Å². The molecule has 5 nitrogen and oxygen atoms in total. The van der Waals surface area contributed by atoms with Crippen molar-refractivity contribution in [3.8, 4) is 5.75 Å². The summed E-state index contributed by atoms with van der Waals surface area (Å²) in [6.45, 7) is 11.2. The van der Waals surface area contributed by atoms with Gasteiger partial charge in [0.15, 0.2) is 6.10 Å². The second-order valence-corrected chi connectivity index (χ2v) is 7.76. The van der Waals surface area contributed by atoms with E-state index >= 15 is 0 Å². The molecule has 2 rings (SSSR count). The summed E-state index contributed by atoms with van der Waals surface area (Å²) < 4.78 is 55.6. The molecule has 156 valence electrons. The highest BCUT2D eigenvalue weighted by atomic mass is 19.4. The van der Waals surface area contributed by atoms with Gasteiger partial charge in [-0.3, -0.25) is 0 Å². The molecule has 1 fully saturated rings. The van der Waals surface area contributed by atoms with Crippen LogP contribution in [-0.4, -0.2) is 41.9 Å². The summed E-state index contributed by atoms with van der Waals surface area (Å²) in [4.78, 5) is 13.8. The average Bonchev–Trinajstić information content (AvgIpc) is 2.54. The predicted molar refractivity (Wildman–Crippen MR) is 98.0 cm³/mol. The molecular formula is C20H26F3NO4. The lowest BCUT2D eigenvalue weighted by molar-refractivity contribution is -0.137. The van der Waals surface area contributed by atoms with E-state index < -0.39 is 35.6 Å². The summed E-state index contributed by atoms with van der Waals surface area (Å²) in [5.41, 5.74) is -1.42. The van der Waals surface area contributed by atoms with Crippen LogP contribution in [0.4, 0.5) is 18.0 Å². The van der Waals surface area contributed by atoms with Crippen molar-refractivity contribution >= 4 is 6.09 Å². The number of carbonyl (C=O) groups is 1. The molecule has 0 spiro atoms. The number of hydrogen-bond donors (Lipinski definition) is 0. The molecule has 0 aromatic heterocycles. The Balaban J connectivity index is 2.12. The first-order valence-corrected chi connectivity index (χ1v) is 8.99. The Labute approximate surface area is 163 Å². The number of benzene rings is 1. The molecule has 1 aromatic rings. The Morgan fingerprint density at radius 2 is 1.89 bits per heavy atom. The van der Waals surface area contributed by atoms with Crippen LogP contribution in [0.25, 0.3) is 0 Å². The third-order valence-corrected chi connectivity index (χ3v) is 3.95. The smallest absolute Gasteiger partial charge is 0.416 e. The van der Waals surface area contributed by atoms with E-state index in [0.29, 0.717) is 18.7 Å². The van der Waals surface area contributed by atoms with Gasteiger partial charge in [-0.2, -0.15) is 13.2 Å². The van der Waals surface area contributed by atoms with Crippen molar-refractivity contribution in [2.24, 2.45) is 0 Å². The molecular weight excluding hydrogens is 375 g/mol. The molecule has 1 heterocycles. The Kier molecular flexibility index (Phi) is 6.52. The fourth-order valence-electron chi connectivity index (χ4n) is 2.81. The summed E-state index contributed by atoms with van der Waals surface area (Å²) in [5.74, 6) is 0.523. The number of ether oxygens (including phenoxy) is 3. The van der Waals surface area contributed by atoms with Crippen molar-refractivity contribution in [1.29, 1.82) is 0 Å². The van der Waals surface area contributed by atoms with Crippen molar-refractivity contribution in [2.75, 3.05) is 13.1 Å². The molecule has 0 bridgehead atoms. The Hall–Kier alpha value is -2.38. The van der Waals surface area contributed by atoms with Gasteiger partial charge in [0.25, 0.3) is 0 Å². The van der Waals surface area contributed by atoms with Gasteiger partial charge in [-0.15, -0.1) is 0 Å². The van der Waals surface area contributed by atoms with Crippen LogP contribution in [0.15, 0.2) is 36.6 Å². The molecule has 1 aromatic carbocycles. The molecule has 2 atom stereocenters. The molecule has 1 amide bonds. The van der Waals surface area contributed by atoms with Gasteiger partial charge in [0.2, 0.25) is 0 Å². The number of rotatable bonds is 4. The number of halogens is 3. The minimum Gasteiger partial charge on any atom is -0.490 e.